The first-order valence-corrected chi connectivity index (χ1v) is 8.17. The maximum Gasteiger partial charge on any atom is 0.329 e. The van der Waals surface area contributed by atoms with E-state index in [1.54, 1.807) is 0 Å². The van der Waals surface area contributed by atoms with Crippen LogP contribution in [0.5, 0.6) is 0 Å². The number of carboxylic acids is 1. The smallest absolute Gasteiger partial charge is 0.329 e. The number of amides is 2. The molecule has 0 atom stereocenters. The normalized spacial score (nSPS) is 18.0. The van der Waals surface area contributed by atoms with Gasteiger partial charge in [0.15, 0.2) is 0 Å². The van der Waals surface area contributed by atoms with E-state index in [0.29, 0.717) is 12.8 Å². The van der Waals surface area contributed by atoms with Crippen LogP contribution < -0.4 is 5.32 Å². The predicted molar refractivity (Wildman–Crippen MR) is 69.7 cm³/mol. The van der Waals surface area contributed by atoms with Gasteiger partial charge in [0.25, 0.3) is 0 Å². The van der Waals surface area contributed by atoms with Crippen molar-refractivity contribution in [2.45, 2.75) is 31.2 Å². The molecule has 0 bridgehead atoms. The van der Waals surface area contributed by atoms with E-state index in [1.165, 1.54) is 11.9 Å². The standard InChI is InChI=1S/C11H20N2O5S/c1-13(7-8-19(2,17)18)10(16)12-11(9(14)15)5-3-4-6-11/h3-8H2,1-2H3,(H,12,16)(H,14,15). The molecule has 7 nitrogen and oxygen atoms in total. The minimum Gasteiger partial charge on any atom is -0.480 e. The van der Waals surface area contributed by atoms with Crippen LogP contribution in [0.4, 0.5) is 4.79 Å². The lowest BCUT2D eigenvalue weighted by atomic mass is 9.98. The summed E-state index contributed by atoms with van der Waals surface area (Å²) in [6.45, 7) is 0.0420. The molecule has 1 fully saturated rings. The summed E-state index contributed by atoms with van der Waals surface area (Å²) in [5.41, 5.74) is -1.20. The predicted octanol–water partition coefficient (Wildman–Crippen LogP) is 0.0698. The molecule has 8 heteroatoms. The van der Waals surface area contributed by atoms with Crippen LogP contribution in [0.2, 0.25) is 0 Å². The van der Waals surface area contributed by atoms with Crippen LogP contribution in [0.15, 0.2) is 0 Å². The molecular formula is C11H20N2O5S. The first-order valence-electron chi connectivity index (χ1n) is 6.11. The number of carbonyl (C=O) groups excluding carboxylic acids is 1. The lowest BCUT2D eigenvalue weighted by Gasteiger charge is -2.28. The summed E-state index contributed by atoms with van der Waals surface area (Å²) >= 11 is 0. The zero-order valence-electron chi connectivity index (χ0n) is 11.2. The number of urea groups is 1. The molecule has 2 amide bonds. The number of aliphatic carboxylic acids is 1. The molecule has 0 spiro atoms. The van der Waals surface area contributed by atoms with Crippen molar-refractivity contribution in [1.82, 2.24) is 10.2 Å². The van der Waals surface area contributed by atoms with Crippen molar-refractivity contribution >= 4 is 21.8 Å². The summed E-state index contributed by atoms with van der Waals surface area (Å²) in [5, 5.41) is 11.7. The van der Waals surface area contributed by atoms with E-state index in [1.807, 2.05) is 0 Å². The van der Waals surface area contributed by atoms with Gasteiger partial charge in [0, 0.05) is 19.8 Å². The molecule has 0 radical (unpaired) electrons. The SMILES string of the molecule is CN(CCS(C)(=O)=O)C(=O)NC1(C(=O)O)CCCC1. The number of sulfone groups is 1. The van der Waals surface area contributed by atoms with Gasteiger partial charge in [-0.15, -0.1) is 0 Å². The maximum absolute atomic E-state index is 11.9. The van der Waals surface area contributed by atoms with Crippen LogP contribution >= 0.6 is 0 Å². The Morgan fingerprint density at radius 3 is 2.26 bits per heavy atom. The van der Waals surface area contributed by atoms with Crippen molar-refractivity contribution in [3.05, 3.63) is 0 Å². The number of rotatable bonds is 5. The van der Waals surface area contributed by atoms with Crippen LogP contribution in [0.25, 0.3) is 0 Å². The largest absolute Gasteiger partial charge is 0.480 e. The number of carboxylic acid groups (broad SMARTS) is 1. The third kappa shape index (κ3) is 4.38. The molecule has 110 valence electrons. The van der Waals surface area contributed by atoms with E-state index in [2.05, 4.69) is 5.32 Å². The molecule has 2 N–H and O–H groups in total. The molecule has 0 aliphatic heterocycles. The average Bonchev–Trinajstić information content (AvgIpc) is 2.74. The molecule has 0 aromatic rings. The Labute approximate surface area is 112 Å². The molecule has 1 rings (SSSR count). The molecule has 0 saturated heterocycles. The van der Waals surface area contributed by atoms with Crippen molar-refractivity contribution in [3.63, 3.8) is 0 Å². The van der Waals surface area contributed by atoms with Gasteiger partial charge >= 0.3 is 12.0 Å². The van der Waals surface area contributed by atoms with Crippen LogP contribution in [0, 0.1) is 0 Å². The second-order valence-corrected chi connectivity index (χ2v) is 7.34. The number of hydrogen-bond donors (Lipinski definition) is 2. The maximum atomic E-state index is 11.9. The third-order valence-electron chi connectivity index (χ3n) is 3.36. The summed E-state index contributed by atoms with van der Waals surface area (Å²) in [6.07, 6.45) is 3.44. The van der Waals surface area contributed by atoms with Gasteiger partial charge in [-0.3, -0.25) is 0 Å². The van der Waals surface area contributed by atoms with E-state index in [-0.39, 0.29) is 12.3 Å². The highest BCUT2D eigenvalue weighted by Gasteiger charge is 2.43. The molecular weight excluding hydrogens is 272 g/mol. The van der Waals surface area contributed by atoms with Gasteiger partial charge in [0.05, 0.1) is 5.75 Å². The first-order chi connectivity index (χ1) is 8.66. The van der Waals surface area contributed by atoms with Crippen molar-refractivity contribution in [1.29, 1.82) is 0 Å². The minimum absolute atomic E-state index is 0.0420. The Morgan fingerprint density at radius 1 is 1.32 bits per heavy atom. The van der Waals surface area contributed by atoms with Crippen LogP contribution in [0.3, 0.4) is 0 Å². The monoisotopic (exact) mass is 292 g/mol. The zero-order chi connectivity index (χ0) is 14.7. The lowest BCUT2D eigenvalue weighted by Crippen LogP contribution is -2.56. The number of carbonyl (C=O) groups is 2. The summed E-state index contributed by atoms with van der Waals surface area (Å²) in [7, 11) is -1.70. The highest BCUT2D eigenvalue weighted by atomic mass is 32.2. The summed E-state index contributed by atoms with van der Waals surface area (Å²) in [6, 6.07) is -0.548. The average molecular weight is 292 g/mol. The quantitative estimate of drug-likeness (QED) is 0.746. The van der Waals surface area contributed by atoms with E-state index in [4.69, 9.17) is 0 Å². The van der Waals surface area contributed by atoms with Gasteiger partial charge in [-0.2, -0.15) is 0 Å². The summed E-state index contributed by atoms with van der Waals surface area (Å²) < 4.78 is 22.0. The van der Waals surface area contributed by atoms with Crippen molar-refractivity contribution in [3.8, 4) is 0 Å². The molecule has 1 aliphatic carbocycles. The zero-order valence-corrected chi connectivity index (χ0v) is 12.0. The van der Waals surface area contributed by atoms with Gasteiger partial charge in [0.1, 0.15) is 15.4 Å². The lowest BCUT2D eigenvalue weighted by molar-refractivity contribution is -0.144. The Bertz CT molecular complexity index is 454. The Kier molecular flexibility index (Phi) is 4.78. The fourth-order valence-corrected chi connectivity index (χ4v) is 2.68. The second-order valence-electron chi connectivity index (χ2n) is 5.08. The van der Waals surface area contributed by atoms with E-state index in [0.717, 1.165) is 19.1 Å². The molecule has 0 heterocycles. The second kappa shape index (κ2) is 5.77. The van der Waals surface area contributed by atoms with E-state index in [9.17, 15) is 23.1 Å². The Balaban J connectivity index is 2.60. The first kappa shape index (κ1) is 15.7. The van der Waals surface area contributed by atoms with Crippen molar-refractivity contribution < 1.29 is 23.1 Å². The summed E-state index contributed by atoms with van der Waals surface area (Å²) in [5.74, 6) is -1.17. The molecule has 19 heavy (non-hydrogen) atoms. The molecule has 0 unspecified atom stereocenters. The molecule has 0 aromatic heterocycles. The van der Waals surface area contributed by atoms with Crippen LogP contribution in [-0.4, -0.2) is 61.6 Å². The number of hydrogen-bond acceptors (Lipinski definition) is 4. The van der Waals surface area contributed by atoms with Gasteiger partial charge in [-0.1, -0.05) is 12.8 Å². The van der Waals surface area contributed by atoms with Gasteiger partial charge in [-0.05, 0) is 12.8 Å². The highest BCUT2D eigenvalue weighted by Crippen LogP contribution is 2.30. The van der Waals surface area contributed by atoms with Gasteiger partial charge < -0.3 is 15.3 Å². The van der Waals surface area contributed by atoms with Gasteiger partial charge in [0.2, 0.25) is 0 Å². The molecule has 1 saturated carbocycles. The number of nitrogens with zero attached hydrogens (tertiary/aromatic N) is 1. The fourth-order valence-electron chi connectivity index (χ4n) is 2.08. The Hall–Kier alpha value is -1.31. The molecule has 1 aliphatic rings. The number of nitrogens with one attached hydrogen (secondary N) is 1. The van der Waals surface area contributed by atoms with Crippen molar-refractivity contribution in [2.24, 2.45) is 0 Å². The highest BCUT2D eigenvalue weighted by molar-refractivity contribution is 7.90. The van der Waals surface area contributed by atoms with Crippen LogP contribution in [0.1, 0.15) is 25.7 Å². The minimum atomic E-state index is -3.15. The van der Waals surface area contributed by atoms with Gasteiger partial charge in [-0.25, -0.2) is 18.0 Å². The Morgan fingerprint density at radius 2 is 1.84 bits per heavy atom. The van der Waals surface area contributed by atoms with E-state index >= 15 is 0 Å². The van der Waals surface area contributed by atoms with Crippen LogP contribution in [-0.2, 0) is 14.6 Å². The van der Waals surface area contributed by atoms with Crippen molar-refractivity contribution in [2.75, 3.05) is 25.6 Å². The van der Waals surface area contributed by atoms with E-state index < -0.39 is 27.4 Å². The fraction of sp³-hybridized carbons (Fsp3) is 0.818. The summed E-state index contributed by atoms with van der Waals surface area (Å²) in [4.78, 5) is 24.4. The molecule has 0 aromatic carbocycles. The third-order valence-corrected chi connectivity index (χ3v) is 4.28. The topological polar surface area (TPSA) is 104 Å².